The van der Waals surface area contributed by atoms with Gasteiger partial charge in [0.2, 0.25) is 0 Å². The van der Waals surface area contributed by atoms with Crippen molar-refractivity contribution in [3.05, 3.63) is 71.3 Å². The van der Waals surface area contributed by atoms with E-state index in [1.54, 1.807) is 6.92 Å². The third-order valence-electron chi connectivity index (χ3n) is 4.35. The zero-order valence-corrected chi connectivity index (χ0v) is 15.1. The van der Waals surface area contributed by atoms with Crippen LogP contribution in [0.1, 0.15) is 23.6 Å². The topological polar surface area (TPSA) is 38.3 Å². The maximum Gasteiger partial charge on any atom is 0.265 e. The molecule has 0 aliphatic rings. The smallest absolute Gasteiger partial charge is 0.265 e. The third kappa shape index (κ3) is 3.66. The molecule has 3 aromatic rings. The highest BCUT2D eigenvalue weighted by Gasteiger charge is 2.17. The SMILES string of the molecule is Cc1cc(C)c(NC(=O)[C@H](C)Oc2cccc3ccccc23)c(C)c1. The number of anilines is 1. The van der Waals surface area contributed by atoms with Gasteiger partial charge in [-0.15, -0.1) is 0 Å². The average molecular weight is 333 g/mol. The van der Waals surface area contributed by atoms with Crippen molar-refractivity contribution < 1.29 is 9.53 Å². The Morgan fingerprint density at radius 2 is 1.60 bits per heavy atom. The van der Waals surface area contributed by atoms with Gasteiger partial charge >= 0.3 is 0 Å². The first-order valence-corrected chi connectivity index (χ1v) is 8.49. The van der Waals surface area contributed by atoms with Crippen molar-refractivity contribution in [1.82, 2.24) is 0 Å². The molecule has 0 heterocycles. The minimum Gasteiger partial charge on any atom is -0.480 e. The van der Waals surface area contributed by atoms with Crippen LogP contribution in [0.4, 0.5) is 5.69 Å². The van der Waals surface area contributed by atoms with Crippen LogP contribution >= 0.6 is 0 Å². The third-order valence-corrected chi connectivity index (χ3v) is 4.35. The number of ether oxygens (including phenoxy) is 1. The van der Waals surface area contributed by atoms with Gasteiger partial charge < -0.3 is 10.1 Å². The number of rotatable bonds is 4. The summed E-state index contributed by atoms with van der Waals surface area (Å²) in [5, 5.41) is 5.11. The van der Waals surface area contributed by atoms with Gasteiger partial charge in [0.05, 0.1) is 0 Å². The standard InChI is InChI=1S/C22H23NO2/c1-14-12-15(2)21(16(3)13-14)23-22(24)17(4)25-20-11-7-9-18-8-5-6-10-19(18)20/h5-13,17H,1-4H3,(H,23,24)/t17-/m0/s1. The normalized spacial score (nSPS) is 12.0. The van der Waals surface area contributed by atoms with Crippen molar-refractivity contribution in [2.24, 2.45) is 0 Å². The van der Waals surface area contributed by atoms with Gasteiger partial charge in [0, 0.05) is 11.1 Å². The monoisotopic (exact) mass is 333 g/mol. The molecule has 3 rings (SSSR count). The van der Waals surface area contributed by atoms with E-state index in [2.05, 4.69) is 24.4 Å². The van der Waals surface area contributed by atoms with Crippen LogP contribution in [0.5, 0.6) is 5.75 Å². The zero-order chi connectivity index (χ0) is 18.0. The molecule has 0 unspecified atom stereocenters. The molecule has 0 bridgehead atoms. The van der Waals surface area contributed by atoms with Gasteiger partial charge in [0.1, 0.15) is 5.75 Å². The van der Waals surface area contributed by atoms with Gasteiger partial charge in [-0.05, 0) is 50.3 Å². The maximum absolute atomic E-state index is 12.6. The van der Waals surface area contributed by atoms with E-state index in [0.29, 0.717) is 0 Å². The predicted octanol–water partition coefficient (Wildman–Crippen LogP) is 5.17. The van der Waals surface area contributed by atoms with E-state index in [-0.39, 0.29) is 5.91 Å². The molecule has 0 aliphatic heterocycles. The highest BCUT2D eigenvalue weighted by Crippen LogP contribution is 2.27. The van der Waals surface area contributed by atoms with E-state index in [4.69, 9.17) is 4.74 Å². The van der Waals surface area contributed by atoms with Gasteiger partial charge in [-0.3, -0.25) is 4.79 Å². The van der Waals surface area contributed by atoms with Gasteiger partial charge in [0.25, 0.3) is 5.91 Å². The molecule has 25 heavy (non-hydrogen) atoms. The Morgan fingerprint density at radius 3 is 2.32 bits per heavy atom. The highest BCUT2D eigenvalue weighted by atomic mass is 16.5. The molecule has 1 amide bonds. The molecule has 3 heteroatoms. The number of aryl methyl sites for hydroxylation is 3. The second kappa shape index (κ2) is 6.98. The Hall–Kier alpha value is -2.81. The van der Waals surface area contributed by atoms with Crippen molar-refractivity contribution in [3.63, 3.8) is 0 Å². The Labute approximate surface area is 148 Å². The molecule has 0 spiro atoms. The minimum atomic E-state index is -0.592. The molecule has 0 radical (unpaired) electrons. The summed E-state index contributed by atoms with van der Waals surface area (Å²) in [4.78, 5) is 12.6. The van der Waals surface area contributed by atoms with Crippen molar-refractivity contribution in [3.8, 4) is 5.75 Å². The summed E-state index contributed by atoms with van der Waals surface area (Å²) in [6.07, 6.45) is -0.592. The lowest BCUT2D eigenvalue weighted by atomic mass is 10.0. The van der Waals surface area contributed by atoms with Crippen LogP contribution in [-0.2, 0) is 4.79 Å². The summed E-state index contributed by atoms with van der Waals surface area (Å²) < 4.78 is 5.95. The fourth-order valence-electron chi connectivity index (χ4n) is 3.14. The van der Waals surface area contributed by atoms with Crippen molar-refractivity contribution >= 4 is 22.4 Å². The maximum atomic E-state index is 12.6. The van der Waals surface area contributed by atoms with Crippen LogP contribution < -0.4 is 10.1 Å². The number of benzene rings is 3. The number of hydrogen-bond acceptors (Lipinski definition) is 2. The molecule has 1 atom stereocenters. The lowest BCUT2D eigenvalue weighted by Gasteiger charge is -2.18. The molecule has 3 aromatic carbocycles. The number of amides is 1. The van der Waals surface area contributed by atoms with E-state index < -0.39 is 6.10 Å². The Morgan fingerprint density at radius 1 is 0.960 bits per heavy atom. The Balaban J connectivity index is 1.79. The zero-order valence-electron chi connectivity index (χ0n) is 15.1. The quantitative estimate of drug-likeness (QED) is 0.715. The van der Waals surface area contributed by atoms with E-state index in [1.165, 1.54) is 5.56 Å². The van der Waals surface area contributed by atoms with Gasteiger partial charge in [0.15, 0.2) is 6.10 Å². The van der Waals surface area contributed by atoms with E-state index in [1.807, 2.05) is 56.3 Å². The Kier molecular flexibility index (Phi) is 4.75. The molecule has 1 N–H and O–H groups in total. The molecule has 0 fully saturated rings. The summed E-state index contributed by atoms with van der Waals surface area (Å²) >= 11 is 0. The highest BCUT2D eigenvalue weighted by molar-refractivity contribution is 5.96. The number of fused-ring (bicyclic) bond motifs is 1. The summed E-state index contributed by atoms with van der Waals surface area (Å²) in [6.45, 7) is 7.84. The minimum absolute atomic E-state index is 0.150. The Bertz CT molecular complexity index is 902. The number of carbonyl (C=O) groups is 1. The van der Waals surface area contributed by atoms with Crippen molar-refractivity contribution in [2.45, 2.75) is 33.8 Å². The number of carbonyl (C=O) groups excluding carboxylic acids is 1. The van der Waals surface area contributed by atoms with Crippen LogP contribution in [-0.4, -0.2) is 12.0 Å². The molecular weight excluding hydrogens is 310 g/mol. The largest absolute Gasteiger partial charge is 0.480 e. The predicted molar refractivity (Wildman–Crippen MR) is 103 cm³/mol. The second-order valence-electron chi connectivity index (χ2n) is 6.50. The van der Waals surface area contributed by atoms with Crippen LogP contribution in [0.25, 0.3) is 10.8 Å². The fourth-order valence-corrected chi connectivity index (χ4v) is 3.14. The van der Waals surface area contributed by atoms with Gasteiger partial charge in [-0.25, -0.2) is 0 Å². The van der Waals surface area contributed by atoms with E-state index in [9.17, 15) is 4.79 Å². The average Bonchev–Trinajstić information content (AvgIpc) is 2.58. The lowest BCUT2D eigenvalue weighted by Crippen LogP contribution is -2.30. The molecular formula is C22H23NO2. The summed E-state index contributed by atoms with van der Waals surface area (Å²) in [5.41, 5.74) is 4.17. The van der Waals surface area contributed by atoms with E-state index in [0.717, 1.165) is 33.3 Å². The molecule has 0 saturated heterocycles. The van der Waals surface area contributed by atoms with Crippen LogP contribution in [0.15, 0.2) is 54.6 Å². The van der Waals surface area contributed by atoms with Crippen molar-refractivity contribution in [2.75, 3.05) is 5.32 Å². The summed E-state index contributed by atoms with van der Waals surface area (Å²) in [7, 11) is 0. The fraction of sp³-hybridized carbons (Fsp3) is 0.227. The van der Waals surface area contributed by atoms with Crippen molar-refractivity contribution in [1.29, 1.82) is 0 Å². The van der Waals surface area contributed by atoms with Gasteiger partial charge in [-0.1, -0.05) is 54.1 Å². The molecule has 3 nitrogen and oxygen atoms in total. The first-order chi connectivity index (χ1) is 12.0. The van der Waals surface area contributed by atoms with Crippen LogP contribution in [0.2, 0.25) is 0 Å². The van der Waals surface area contributed by atoms with Crippen LogP contribution in [0.3, 0.4) is 0 Å². The van der Waals surface area contributed by atoms with Crippen LogP contribution in [0, 0.1) is 20.8 Å². The number of hydrogen-bond donors (Lipinski definition) is 1. The second-order valence-corrected chi connectivity index (χ2v) is 6.50. The first-order valence-electron chi connectivity index (χ1n) is 8.49. The first kappa shape index (κ1) is 17.0. The molecule has 0 aromatic heterocycles. The summed E-state index contributed by atoms with van der Waals surface area (Å²) in [6, 6.07) is 18.0. The summed E-state index contributed by atoms with van der Waals surface area (Å²) in [5.74, 6) is 0.570. The number of nitrogens with one attached hydrogen (secondary N) is 1. The lowest BCUT2D eigenvalue weighted by molar-refractivity contribution is -0.122. The molecule has 128 valence electrons. The molecule has 0 saturated carbocycles. The van der Waals surface area contributed by atoms with Gasteiger partial charge in [-0.2, -0.15) is 0 Å². The molecule has 0 aliphatic carbocycles. The van der Waals surface area contributed by atoms with E-state index >= 15 is 0 Å².